The molecule has 0 aliphatic carbocycles. The van der Waals surface area contributed by atoms with Crippen LogP contribution in [0.5, 0.6) is 5.75 Å². The van der Waals surface area contributed by atoms with E-state index in [2.05, 4.69) is 10.1 Å². The number of benzene rings is 1. The van der Waals surface area contributed by atoms with Gasteiger partial charge in [-0.25, -0.2) is 4.79 Å². The number of nitrogen functional groups attached to an aromatic ring is 1. The number of para-hydroxylation sites is 2. The van der Waals surface area contributed by atoms with Gasteiger partial charge in [-0.05, 0) is 12.1 Å². The Kier molecular flexibility index (Phi) is 26.3. The van der Waals surface area contributed by atoms with Gasteiger partial charge < -0.3 is 63.5 Å². The molecule has 1 amide bonds. The van der Waals surface area contributed by atoms with Gasteiger partial charge in [0.15, 0.2) is 0 Å². The van der Waals surface area contributed by atoms with Crippen molar-refractivity contribution < 1.29 is 62.1 Å². The Morgan fingerprint density at radius 2 is 0.953 bits per heavy atom. The zero-order valence-electron chi connectivity index (χ0n) is 24.9. The fraction of sp³-hybridized carbons (Fsp3) is 0.714. The van der Waals surface area contributed by atoms with Gasteiger partial charge in [0.05, 0.1) is 111 Å². The standard InChI is InChI=1S/C28H48N2O13/c29-25-3-1-2-4-26(25)43-22-21-41-20-19-40-18-17-39-16-15-38-14-13-37-12-11-36-10-9-35-8-7-34-6-5-30-27(31)23-42-24-28(32)33/h1-4H,5-24,29H2,(H,30,31)(H,32,33). The van der Waals surface area contributed by atoms with E-state index in [1.165, 1.54) is 0 Å². The highest BCUT2D eigenvalue weighted by molar-refractivity contribution is 5.77. The van der Waals surface area contributed by atoms with Crippen LogP contribution in [0.2, 0.25) is 0 Å². The molecule has 0 unspecified atom stereocenters. The number of nitrogens with one attached hydrogen (secondary N) is 1. The number of hydrogen-bond acceptors (Lipinski definition) is 13. The summed E-state index contributed by atoms with van der Waals surface area (Å²) in [6.45, 7) is 7.12. The number of carboxylic acids is 1. The van der Waals surface area contributed by atoms with Gasteiger partial charge >= 0.3 is 5.97 Å². The number of nitrogens with two attached hydrogens (primary N) is 1. The second-order valence-corrected chi connectivity index (χ2v) is 8.52. The lowest BCUT2D eigenvalue weighted by atomic mass is 10.3. The van der Waals surface area contributed by atoms with Crippen molar-refractivity contribution >= 4 is 17.6 Å². The quantitative estimate of drug-likeness (QED) is 0.0722. The van der Waals surface area contributed by atoms with Crippen LogP contribution in [0, 0.1) is 0 Å². The Morgan fingerprint density at radius 3 is 1.37 bits per heavy atom. The molecule has 0 bridgehead atoms. The van der Waals surface area contributed by atoms with Gasteiger partial charge in [-0.3, -0.25) is 4.79 Å². The first kappa shape index (κ1) is 38.4. The van der Waals surface area contributed by atoms with Crippen LogP contribution in [0.3, 0.4) is 0 Å². The average Bonchev–Trinajstić information content (AvgIpc) is 2.99. The molecule has 0 spiro atoms. The number of amides is 1. The molecule has 0 aliphatic rings. The van der Waals surface area contributed by atoms with Crippen molar-refractivity contribution in [2.45, 2.75) is 0 Å². The maximum Gasteiger partial charge on any atom is 0.329 e. The van der Waals surface area contributed by atoms with Gasteiger partial charge in [0.2, 0.25) is 5.91 Å². The molecule has 0 saturated carbocycles. The predicted molar refractivity (Wildman–Crippen MR) is 154 cm³/mol. The molecule has 15 heteroatoms. The highest BCUT2D eigenvalue weighted by atomic mass is 16.6. The second-order valence-electron chi connectivity index (χ2n) is 8.52. The molecule has 15 nitrogen and oxygen atoms in total. The lowest BCUT2D eigenvalue weighted by Crippen LogP contribution is -2.31. The molecule has 0 radical (unpaired) electrons. The van der Waals surface area contributed by atoms with Crippen LogP contribution in [0.25, 0.3) is 0 Å². The van der Waals surface area contributed by atoms with E-state index in [-0.39, 0.29) is 6.61 Å². The Morgan fingerprint density at radius 1 is 0.558 bits per heavy atom. The van der Waals surface area contributed by atoms with Crippen LogP contribution < -0.4 is 15.8 Å². The summed E-state index contributed by atoms with van der Waals surface area (Å²) in [4.78, 5) is 21.6. The number of aliphatic carboxylic acids is 1. The van der Waals surface area contributed by atoms with Crippen LogP contribution in [0.15, 0.2) is 24.3 Å². The number of carboxylic acid groups (broad SMARTS) is 1. The summed E-state index contributed by atoms with van der Waals surface area (Å²) >= 11 is 0. The van der Waals surface area contributed by atoms with Gasteiger partial charge in [0.25, 0.3) is 0 Å². The molecule has 1 aromatic carbocycles. The Balaban J connectivity index is 1.66. The number of anilines is 1. The van der Waals surface area contributed by atoms with Gasteiger partial charge in [0.1, 0.15) is 25.6 Å². The first-order valence-electron chi connectivity index (χ1n) is 14.2. The Hall–Kier alpha value is -2.60. The first-order chi connectivity index (χ1) is 21.1. The number of hydrogen-bond donors (Lipinski definition) is 3. The van der Waals surface area contributed by atoms with Crippen LogP contribution in [-0.4, -0.2) is 149 Å². The van der Waals surface area contributed by atoms with E-state index in [0.29, 0.717) is 130 Å². The topological polar surface area (TPSA) is 185 Å². The molecule has 0 atom stereocenters. The summed E-state index contributed by atoms with van der Waals surface area (Å²) in [6, 6.07) is 7.34. The number of rotatable bonds is 32. The van der Waals surface area contributed by atoms with Crippen LogP contribution >= 0.6 is 0 Å². The second kappa shape index (κ2) is 29.5. The molecule has 248 valence electrons. The van der Waals surface area contributed by atoms with E-state index in [0.717, 1.165) is 0 Å². The SMILES string of the molecule is Nc1ccccc1OCCOCCOCCOCCOCCOCCOCCOCCOCCNC(=O)COCC(=O)O. The molecule has 43 heavy (non-hydrogen) atoms. The Labute approximate surface area is 253 Å². The summed E-state index contributed by atoms with van der Waals surface area (Å²) < 4.78 is 53.6. The van der Waals surface area contributed by atoms with Crippen molar-refractivity contribution in [1.82, 2.24) is 5.32 Å². The van der Waals surface area contributed by atoms with Crippen LogP contribution in [0.4, 0.5) is 5.69 Å². The molecule has 0 aromatic heterocycles. The van der Waals surface area contributed by atoms with E-state index in [4.69, 9.17) is 53.5 Å². The third-order valence-corrected chi connectivity index (χ3v) is 5.04. The highest BCUT2D eigenvalue weighted by Crippen LogP contribution is 2.19. The molecular weight excluding hydrogens is 572 g/mol. The lowest BCUT2D eigenvalue weighted by Gasteiger charge is -2.09. The third-order valence-electron chi connectivity index (χ3n) is 5.04. The molecule has 0 saturated heterocycles. The highest BCUT2D eigenvalue weighted by Gasteiger charge is 2.03. The maximum atomic E-state index is 11.3. The van der Waals surface area contributed by atoms with Crippen molar-refractivity contribution in [3.05, 3.63) is 24.3 Å². The van der Waals surface area contributed by atoms with E-state index < -0.39 is 18.5 Å². The maximum absolute atomic E-state index is 11.3. The van der Waals surface area contributed by atoms with Gasteiger partial charge in [0, 0.05) is 6.54 Å². The minimum absolute atomic E-state index is 0.300. The van der Waals surface area contributed by atoms with Crippen molar-refractivity contribution in [2.24, 2.45) is 0 Å². The first-order valence-corrected chi connectivity index (χ1v) is 14.2. The predicted octanol–water partition coefficient (Wildman–Crippen LogP) is -0.00220. The summed E-state index contributed by atoms with van der Waals surface area (Å²) in [5.74, 6) is -0.863. The van der Waals surface area contributed by atoms with Crippen molar-refractivity contribution in [3.63, 3.8) is 0 Å². The molecular formula is C28H48N2O13. The minimum atomic E-state index is -1.12. The van der Waals surface area contributed by atoms with Crippen molar-refractivity contribution in [1.29, 1.82) is 0 Å². The zero-order chi connectivity index (χ0) is 31.1. The van der Waals surface area contributed by atoms with E-state index in [9.17, 15) is 9.59 Å². The molecule has 1 aromatic rings. The van der Waals surface area contributed by atoms with Gasteiger partial charge in [-0.1, -0.05) is 12.1 Å². The molecule has 0 heterocycles. The molecule has 0 aliphatic heterocycles. The monoisotopic (exact) mass is 620 g/mol. The van der Waals surface area contributed by atoms with E-state index >= 15 is 0 Å². The number of carbonyl (C=O) groups excluding carboxylic acids is 1. The smallest absolute Gasteiger partial charge is 0.329 e. The lowest BCUT2D eigenvalue weighted by molar-refractivity contribution is -0.143. The average molecular weight is 621 g/mol. The summed E-state index contributed by atoms with van der Waals surface area (Å²) in [5.41, 5.74) is 6.41. The Bertz CT molecular complexity index is 804. The third kappa shape index (κ3) is 26.7. The summed E-state index contributed by atoms with van der Waals surface area (Å²) in [5, 5.41) is 11.0. The van der Waals surface area contributed by atoms with Crippen molar-refractivity contribution in [2.75, 3.05) is 138 Å². The van der Waals surface area contributed by atoms with E-state index in [1.807, 2.05) is 18.2 Å². The normalized spacial score (nSPS) is 11.1. The zero-order valence-corrected chi connectivity index (χ0v) is 24.9. The number of carbonyl (C=O) groups is 2. The molecule has 4 N–H and O–H groups in total. The van der Waals surface area contributed by atoms with Gasteiger partial charge in [-0.2, -0.15) is 0 Å². The minimum Gasteiger partial charge on any atom is -0.489 e. The van der Waals surface area contributed by atoms with Gasteiger partial charge in [-0.15, -0.1) is 0 Å². The van der Waals surface area contributed by atoms with E-state index in [1.54, 1.807) is 6.07 Å². The van der Waals surface area contributed by atoms with Crippen LogP contribution in [0.1, 0.15) is 0 Å². The number of ether oxygens (including phenoxy) is 10. The largest absolute Gasteiger partial charge is 0.489 e. The summed E-state index contributed by atoms with van der Waals surface area (Å²) in [7, 11) is 0. The fourth-order valence-corrected chi connectivity index (χ4v) is 3.01. The summed E-state index contributed by atoms with van der Waals surface area (Å²) in [6.07, 6.45) is 0. The van der Waals surface area contributed by atoms with Crippen LogP contribution in [-0.2, 0) is 52.2 Å². The fourth-order valence-electron chi connectivity index (χ4n) is 3.01. The molecule has 1 rings (SSSR count). The molecule has 0 fully saturated rings. The van der Waals surface area contributed by atoms with Crippen molar-refractivity contribution in [3.8, 4) is 5.75 Å².